The largest absolute Gasteiger partial charge is 0.389 e. The van der Waals surface area contributed by atoms with Crippen molar-refractivity contribution in [3.63, 3.8) is 0 Å². The van der Waals surface area contributed by atoms with E-state index < -0.39 is 12.6 Å². The van der Waals surface area contributed by atoms with Gasteiger partial charge in [0, 0.05) is 13.0 Å². The molecule has 8 heteroatoms. The van der Waals surface area contributed by atoms with Gasteiger partial charge in [-0.05, 0) is 12.8 Å². The van der Waals surface area contributed by atoms with E-state index in [1.807, 2.05) is 0 Å². The second kappa shape index (κ2) is 6.48. The molecule has 0 bridgehead atoms. The summed E-state index contributed by atoms with van der Waals surface area (Å²) in [6.07, 6.45) is -1.48. The number of unbranched alkanes of at least 4 members (excludes halogenated alkanes) is 1. The lowest BCUT2D eigenvalue weighted by Crippen LogP contribution is -2.13. The number of nitrogens with two attached hydrogens (primary N) is 1. The summed E-state index contributed by atoms with van der Waals surface area (Å²) in [6, 6.07) is 0. The first-order chi connectivity index (χ1) is 8.38. The van der Waals surface area contributed by atoms with Crippen molar-refractivity contribution in [3.05, 3.63) is 18.1 Å². The van der Waals surface area contributed by atoms with Crippen molar-refractivity contribution in [1.82, 2.24) is 9.97 Å². The van der Waals surface area contributed by atoms with Crippen LogP contribution in [0.15, 0.2) is 12.4 Å². The molecule has 4 nitrogen and oxygen atoms in total. The minimum absolute atomic E-state index is 0.0922. The molecule has 1 aromatic heterocycles. The number of nitrogens with zero attached hydrogens (tertiary/aromatic N) is 2. The van der Waals surface area contributed by atoms with Gasteiger partial charge in [-0.15, -0.1) is 0 Å². The summed E-state index contributed by atoms with van der Waals surface area (Å²) in [7, 11) is 0. The van der Waals surface area contributed by atoms with Gasteiger partial charge in [0.2, 0.25) is 0 Å². The number of alkyl halides is 3. The molecule has 1 heterocycles. The minimum Gasteiger partial charge on any atom is -0.388 e. The van der Waals surface area contributed by atoms with E-state index in [0.717, 1.165) is 0 Å². The fourth-order valence-electron chi connectivity index (χ4n) is 1.21. The lowest BCUT2D eigenvalue weighted by atomic mass is 10.2. The summed E-state index contributed by atoms with van der Waals surface area (Å²) in [5, 5.41) is 2.87. The third kappa shape index (κ3) is 5.76. The zero-order valence-corrected chi connectivity index (χ0v) is 10.3. The Morgan fingerprint density at radius 2 is 2.00 bits per heavy atom. The average molecular weight is 278 g/mol. The molecule has 0 unspecified atom stereocenters. The van der Waals surface area contributed by atoms with Crippen LogP contribution in [0.4, 0.5) is 19.0 Å². The topological polar surface area (TPSA) is 63.8 Å². The normalized spacial score (nSPS) is 11.3. The van der Waals surface area contributed by atoms with E-state index in [1.165, 1.54) is 12.4 Å². The molecule has 0 amide bonds. The third-order valence-electron chi connectivity index (χ3n) is 2.10. The molecule has 0 radical (unpaired) electrons. The van der Waals surface area contributed by atoms with E-state index in [-0.39, 0.29) is 11.4 Å². The SMILES string of the molecule is NC(=S)c1cnc(NCCCCC(F)(F)F)cn1. The van der Waals surface area contributed by atoms with Gasteiger partial charge < -0.3 is 11.1 Å². The molecule has 0 spiro atoms. The molecule has 1 aromatic rings. The maximum atomic E-state index is 11.9. The average Bonchev–Trinajstić information content (AvgIpc) is 2.27. The van der Waals surface area contributed by atoms with Crippen LogP contribution in [0.3, 0.4) is 0 Å². The van der Waals surface area contributed by atoms with E-state index >= 15 is 0 Å². The second-order valence-corrected chi connectivity index (χ2v) is 4.09. The van der Waals surface area contributed by atoms with Crippen LogP contribution in [-0.4, -0.2) is 27.7 Å². The molecular formula is C10H13F3N4S. The predicted molar refractivity (Wildman–Crippen MR) is 66.3 cm³/mol. The fraction of sp³-hybridized carbons (Fsp3) is 0.500. The quantitative estimate of drug-likeness (QED) is 0.617. The summed E-state index contributed by atoms with van der Waals surface area (Å²) in [5.74, 6) is 0.488. The van der Waals surface area contributed by atoms with Crippen LogP contribution in [0.2, 0.25) is 0 Å². The molecular weight excluding hydrogens is 265 g/mol. The van der Waals surface area contributed by atoms with Crippen molar-refractivity contribution in [2.75, 3.05) is 11.9 Å². The van der Waals surface area contributed by atoms with Crippen molar-refractivity contribution in [1.29, 1.82) is 0 Å². The van der Waals surface area contributed by atoms with Crippen molar-refractivity contribution in [2.45, 2.75) is 25.4 Å². The Bertz CT molecular complexity index is 391. The Labute approximate surface area is 108 Å². The number of nitrogens with one attached hydrogen (secondary N) is 1. The molecule has 3 N–H and O–H groups in total. The summed E-state index contributed by atoms with van der Waals surface area (Å²) >= 11 is 4.71. The highest BCUT2D eigenvalue weighted by Gasteiger charge is 2.25. The Morgan fingerprint density at radius 1 is 1.28 bits per heavy atom. The van der Waals surface area contributed by atoms with E-state index in [0.29, 0.717) is 24.5 Å². The van der Waals surface area contributed by atoms with Crippen LogP contribution in [0.1, 0.15) is 25.0 Å². The summed E-state index contributed by atoms with van der Waals surface area (Å²) < 4.78 is 35.6. The van der Waals surface area contributed by atoms with E-state index in [4.69, 9.17) is 18.0 Å². The molecule has 0 atom stereocenters. The maximum absolute atomic E-state index is 11.9. The van der Waals surface area contributed by atoms with Crippen molar-refractivity contribution in [2.24, 2.45) is 5.73 Å². The maximum Gasteiger partial charge on any atom is 0.389 e. The van der Waals surface area contributed by atoms with Gasteiger partial charge in [-0.2, -0.15) is 13.2 Å². The molecule has 0 aliphatic carbocycles. The van der Waals surface area contributed by atoms with Crippen molar-refractivity contribution >= 4 is 23.0 Å². The monoisotopic (exact) mass is 278 g/mol. The molecule has 100 valence electrons. The van der Waals surface area contributed by atoms with Gasteiger partial charge in [0.15, 0.2) is 0 Å². The van der Waals surface area contributed by atoms with Gasteiger partial charge in [-0.1, -0.05) is 12.2 Å². The van der Waals surface area contributed by atoms with E-state index in [1.54, 1.807) is 0 Å². The Hall–Kier alpha value is -1.44. The highest BCUT2D eigenvalue weighted by Crippen LogP contribution is 2.21. The van der Waals surface area contributed by atoms with Crippen LogP contribution < -0.4 is 11.1 Å². The molecule has 0 aliphatic heterocycles. The van der Waals surface area contributed by atoms with Gasteiger partial charge in [0.1, 0.15) is 16.5 Å². The lowest BCUT2D eigenvalue weighted by molar-refractivity contribution is -0.135. The van der Waals surface area contributed by atoms with Crippen molar-refractivity contribution in [3.8, 4) is 0 Å². The Kier molecular flexibility index (Phi) is 5.26. The number of halogens is 3. The summed E-state index contributed by atoms with van der Waals surface area (Å²) in [5.41, 5.74) is 5.76. The van der Waals surface area contributed by atoms with Crippen molar-refractivity contribution < 1.29 is 13.2 Å². The number of rotatable bonds is 6. The number of aromatic nitrogens is 2. The van der Waals surface area contributed by atoms with Crippen LogP contribution in [0.5, 0.6) is 0 Å². The smallest absolute Gasteiger partial charge is 0.388 e. The number of hydrogen-bond donors (Lipinski definition) is 2. The first-order valence-electron chi connectivity index (χ1n) is 5.31. The number of hydrogen-bond acceptors (Lipinski definition) is 4. The standard InChI is InChI=1S/C10H13F3N4S/c11-10(12,13)3-1-2-4-15-8-6-16-7(5-17-8)9(14)18/h5-6H,1-4H2,(H2,14,18)(H,15,17). The highest BCUT2D eigenvalue weighted by atomic mass is 32.1. The van der Waals surface area contributed by atoms with Gasteiger partial charge in [0.05, 0.1) is 12.4 Å². The number of anilines is 1. The third-order valence-corrected chi connectivity index (χ3v) is 2.31. The summed E-state index contributed by atoms with van der Waals surface area (Å²) in [4.78, 5) is 8.08. The van der Waals surface area contributed by atoms with Crippen LogP contribution in [0, 0.1) is 0 Å². The van der Waals surface area contributed by atoms with Crippen LogP contribution >= 0.6 is 12.2 Å². The molecule has 0 saturated heterocycles. The molecule has 18 heavy (non-hydrogen) atoms. The van der Waals surface area contributed by atoms with Gasteiger partial charge in [0.25, 0.3) is 0 Å². The van der Waals surface area contributed by atoms with E-state index in [2.05, 4.69) is 15.3 Å². The molecule has 0 aliphatic rings. The second-order valence-electron chi connectivity index (χ2n) is 3.65. The van der Waals surface area contributed by atoms with Gasteiger partial charge >= 0.3 is 6.18 Å². The van der Waals surface area contributed by atoms with Crippen LogP contribution in [0.25, 0.3) is 0 Å². The first kappa shape index (κ1) is 14.6. The Morgan fingerprint density at radius 3 is 2.50 bits per heavy atom. The minimum atomic E-state index is -4.09. The fourth-order valence-corrected chi connectivity index (χ4v) is 1.32. The lowest BCUT2D eigenvalue weighted by Gasteiger charge is -2.07. The number of thiocarbonyl (C=S) groups is 1. The van der Waals surface area contributed by atoms with E-state index in [9.17, 15) is 13.2 Å². The first-order valence-corrected chi connectivity index (χ1v) is 5.72. The molecule has 0 aromatic carbocycles. The zero-order chi connectivity index (χ0) is 13.6. The molecule has 0 fully saturated rings. The predicted octanol–water partition coefficient (Wildman–Crippen LogP) is 2.26. The molecule has 0 saturated carbocycles. The van der Waals surface area contributed by atoms with Gasteiger partial charge in [-0.3, -0.25) is 0 Å². The summed E-state index contributed by atoms with van der Waals surface area (Å²) in [6.45, 7) is 0.414. The zero-order valence-electron chi connectivity index (χ0n) is 9.50. The Balaban J connectivity index is 2.25. The van der Waals surface area contributed by atoms with Gasteiger partial charge in [-0.25, -0.2) is 9.97 Å². The van der Waals surface area contributed by atoms with Crippen LogP contribution in [-0.2, 0) is 0 Å². The highest BCUT2D eigenvalue weighted by molar-refractivity contribution is 7.80. The molecule has 1 rings (SSSR count).